The van der Waals surface area contributed by atoms with Crippen molar-refractivity contribution in [3.05, 3.63) is 59.0 Å². The molecule has 3 aromatic rings. The Balaban J connectivity index is 2.06. The number of carbonyl (C=O) groups excluding carboxylic acids is 1. The predicted octanol–water partition coefficient (Wildman–Crippen LogP) is 2.01. The fraction of sp³-hybridized carbons (Fsp3) is 0.0667. The van der Waals surface area contributed by atoms with E-state index in [1.54, 1.807) is 4.90 Å². The minimum atomic E-state index is -0.242. The number of hydrogen-bond donors (Lipinski definition) is 1. The van der Waals surface area contributed by atoms with Gasteiger partial charge in [-0.05, 0) is 24.3 Å². The van der Waals surface area contributed by atoms with Crippen molar-refractivity contribution >= 4 is 28.3 Å². The molecule has 0 unspecified atom stereocenters. The van der Waals surface area contributed by atoms with E-state index in [1.165, 1.54) is 4.57 Å². The molecule has 0 radical (unpaired) electrons. The van der Waals surface area contributed by atoms with Crippen LogP contribution in [0.25, 0.3) is 11.0 Å². The highest BCUT2D eigenvalue weighted by atomic mass is 16.2. The van der Waals surface area contributed by atoms with Crippen molar-refractivity contribution in [3.63, 3.8) is 0 Å². The first-order chi connectivity index (χ1) is 9.75. The molecule has 4 rings (SSSR count). The van der Waals surface area contributed by atoms with Crippen molar-refractivity contribution in [3.8, 4) is 0 Å². The first-order valence-electron chi connectivity index (χ1n) is 6.35. The van der Waals surface area contributed by atoms with E-state index in [9.17, 15) is 9.59 Å². The highest BCUT2D eigenvalue weighted by molar-refractivity contribution is 6.09. The topological polar surface area (TPSA) is 58.1 Å². The molecule has 1 aliphatic rings. The summed E-state index contributed by atoms with van der Waals surface area (Å²) in [7, 11) is 0. The summed E-state index contributed by atoms with van der Waals surface area (Å²) in [6.07, 6.45) is 0. The highest BCUT2D eigenvalue weighted by Gasteiger charge is 2.28. The lowest BCUT2D eigenvalue weighted by Crippen LogP contribution is -2.36. The molecule has 20 heavy (non-hydrogen) atoms. The van der Waals surface area contributed by atoms with Crippen molar-refractivity contribution in [2.24, 2.45) is 0 Å². The Labute approximate surface area is 114 Å². The zero-order valence-electron chi connectivity index (χ0n) is 10.5. The van der Waals surface area contributed by atoms with Crippen LogP contribution in [0.2, 0.25) is 0 Å². The third-order valence-electron chi connectivity index (χ3n) is 3.57. The molecule has 0 spiro atoms. The Morgan fingerprint density at radius 3 is 2.55 bits per heavy atom. The van der Waals surface area contributed by atoms with Crippen LogP contribution in [0.15, 0.2) is 53.3 Å². The fourth-order valence-electron chi connectivity index (χ4n) is 2.73. The standard InChI is InChI=1S/C15H11N3O2/c19-13-9-17-14-11(16-15(17)20)7-4-8-12(14)18(13)10-5-2-1-3-6-10/h1-8H,9H2,(H,16,20). The number of aromatic nitrogens is 2. The van der Waals surface area contributed by atoms with Gasteiger partial charge >= 0.3 is 5.69 Å². The first kappa shape index (κ1) is 11.0. The molecular formula is C15H11N3O2. The lowest BCUT2D eigenvalue weighted by molar-refractivity contribution is -0.118. The number of H-pyrrole nitrogens is 1. The smallest absolute Gasteiger partial charge is 0.305 e. The monoisotopic (exact) mass is 265 g/mol. The number of nitrogens with zero attached hydrogens (tertiary/aromatic N) is 2. The van der Waals surface area contributed by atoms with Crippen molar-refractivity contribution in [2.75, 3.05) is 4.90 Å². The predicted molar refractivity (Wildman–Crippen MR) is 76.1 cm³/mol. The molecule has 0 saturated heterocycles. The number of amides is 1. The molecule has 2 heterocycles. The van der Waals surface area contributed by atoms with Gasteiger partial charge in [-0.1, -0.05) is 24.3 Å². The van der Waals surface area contributed by atoms with E-state index in [2.05, 4.69) is 4.98 Å². The number of carbonyl (C=O) groups is 1. The number of imidazole rings is 1. The summed E-state index contributed by atoms with van der Waals surface area (Å²) in [5.74, 6) is -0.113. The average molecular weight is 265 g/mol. The molecule has 1 aliphatic heterocycles. The molecule has 0 bridgehead atoms. The summed E-state index contributed by atoms with van der Waals surface area (Å²) in [5, 5.41) is 0. The normalized spacial score (nSPS) is 14.0. The molecule has 0 fully saturated rings. The summed E-state index contributed by atoms with van der Waals surface area (Å²) in [6, 6.07) is 15.0. The molecule has 1 aromatic heterocycles. The average Bonchev–Trinajstić information content (AvgIpc) is 2.78. The number of hydrogen-bond acceptors (Lipinski definition) is 2. The summed E-state index contributed by atoms with van der Waals surface area (Å²) >= 11 is 0. The van der Waals surface area contributed by atoms with Crippen LogP contribution < -0.4 is 10.6 Å². The van der Waals surface area contributed by atoms with Crippen LogP contribution in [0.1, 0.15) is 0 Å². The van der Waals surface area contributed by atoms with Crippen molar-refractivity contribution in [2.45, 2.75) is 6.54 Å². The second-order valence-corrected chi connectivity index (χ2v) is 4.75. The number of anilines is 2. The summed E-state index contributed by atoms with van der Waals surface area (Å²) in [6.45, 7) is 0.0603. The largest absolute Gasteiger partial charge is 0.327 e. The molecular weight excluding hydrogens is 254 g/mol. The number of aromatic amines is 1. The van der Waals surface area contributed by atoms with E-state index < -0.39 is 0 Å². The van der Waals surface area contributed by atoms with Crippen LogP contribution in [0.4, 0.5) is 11.4 Å². The first-order valence-corrected chi connectivity index (χ1v) is 6.35. The van der Waals surface area contributed by atoms with E-state index in [0.717, 1.165) is 22.4 Å². The van der Waals surface area contributed by atoms with Crippen LogP contribution in [0.3, 0.4) is 0 Å². The minimum Gasteiger partial charge on any atom is -0.305 e. The molecule has 98 valence electrons. The highest BCUT2D eigenvalue weighted by Crippen LogP contribution is 2.34. The summed E-state index contributed by atoms with van der Waals surface area (Å²) in [5.41, 5.74) is 2.84. The van der Waals surface area contributed by atoms with Crippen LogP contribution in [0.5, 0.6) is 0 Å². The molecule has 2 aromatic carbocycles. The zero-order chi connectivity index (χ0) is 13.7. The quantitative estimate of drug-likeness (QED) is 0.731. The van der Waals surface area contributed by atoms with Gasteiger partial charge in [0.1, 0.15) is 6.54 Å². The zero-order valence-corrected chi connectivity index (χ0v) is 10.5. The van der Waals surface area contributed by atoms with Gasteiger partial charge in [0.15, 0.2) is 0 Å². The van der Waals surface area contributed by atoms with E-state index >= 15 is 0 Å². The Morgan fingerprint density at radius 2 is 1.75 bits per heavy atom. The van der Waals surface area contributed by atoms with Crippen molar-refractivity contribution in [1.29, 1.82) is 0 Å². The van der Waals surface area contributed by atoms with Crippen LogP contribution in [-0.4, -0.2) is 15.5 Å². The molecule has 5 heteroatoms. The maximum Gasteiger partial charge on any atom is 0.327 e. The van der Waals surface area contributed by atoms with Crippen LogP contribution >= 0.6 is 0 Å². The summed E-state index contributed by atoms with van der Waals surface area (Å²) in [4.78, 5) is 28.7. The van der Waals surface area contributed by atoms with Gasteiger partial charge in [-0.3, -0.25) is 14.3 Å². The van der Waals surface area contributed by atoms with Gasteiger partial charge in [-0.25, -0.2) is 4.79 Å². The van der Waals surface area contributed by atoms with Gasteiger partial charge in [-0.15, -0.1) is 0 Å². The van der Waals surface area contributed by atoms with Gasteiger partial charge < -0.3 is 4.98 Å². The van der Waals surface area contributed by atoms with Gasteiger partial charge in [0.2, 0.25) is 0 Å². The van der Waals surface area contributed by atoms with E-state index in [-0.39, 0.29) is 18.1 Å². The Bertz CT molecular complexity index is 877. The number of para-hydroxylation sites is 2. The van der Waals surface area contributed by atoms with Gasteiger partial charge in [0, 0.05) is 5.69 Å². The SMILES string of the molecule is O=C1Cn2c(=O)[nH]c3cccc(c32)N1c1ccccc1. The Morgan fingerprint density at radius 1 is 0.950 bits per heavy atom. The molecule has 1 amide bonds. The van der Waals surface area contributed by atoms with E-state index in [4.69, 9.17) is 0 Å². The Kier molecular flexibility index (Phi) is 2.12. The maximum atomic E-state index is 12.4. The fourth-order valence-corrected chi connectivity index (χ4v) is 2.73. The molecule has 0 aliphatic carbocycles. The summed E-state index contributed by atoms with van der Waals surface area (Å²) < 4.78 is 1.49. The molecule has 5 nitrogen and oxygen atoms in total. The second kappa shape index (κ2) is 3.84. The van der Waals surface area contributed by atoms with Gasteiger partial charge in [-0.2, -0.15) is 0 Å². The van der Waals surface area contributed by atoms with Gasteiger partial charge in [0.05, 0.1) is 16.7 Å². The van der Waals surface area contributed by atoms with E-state index in [0.29, 0.717) is 0 Å². The third kappa shape index (κ3) is 1.37. The Hall–Kier alpha value is -2.82. The van der Waals surface area contributed by atoms with Crippen molar-refractivity contribution < 1.29 is 4.79 Å². The van der Waals surface area contributed by atoms with Crippen LogP contribution in [-0.2, 0) is 11.3 Å². The lowest BCUT2D eigenvalue weighted by Gasteiger charge is -2.28. The molecule has 0 saturated carbocycles. The number of benzene rings is 2. The number of rotatable bonds is 1. The van der Waals surface area contributed by atoms with Crippen molar-refractivity contribution in [1.82, 2.24) is 9.55 Å². The maximum absolute atomic E-state index is 12.4. The number of nitrogens with one attached hydrogen (secondary N) is 1. The van der Waals surface area contributed by atoms with Crippen LogP contribution in [0, 0.1) is 0 Å². The second-order valence-electron chi connectivity index (χ2n) is 4.75. The van der Waals surface area contributed by atoms with Gasteiger partial charge in [0.25, 0.3) is 5.91 Å². The molecule has 0 atom stereocenters. The lowest BCUT2D eigenvalue weighted by atomic mass is 10.1. The molecule has 1 N–H and O–H groups in total. The minimum absolute atomic E-state index is 0.0603. The third-order valence-corrected chi connectivity index (χ3v) is 3.57. The van der Waals surface area contributed by atoms with E-state index in [1.807, 2.05) is 48.5 Å².